The third kappa shape index (κ3) is 5.63. The van der Waals surface area contributed by atoms with Gasteiger partial charge in [0.2, 0.25) is 0 Å². The number of nitrogens with zero attached hydrogens (tertiary/aromatic N) is 2. The van der Waals surface area contributed by atoms with E-state index in [0.717, 1.165) is 49.1 Å². The Hall–Kier alpha value is -1.75. The molecule has 0 bridgehead atoms. The Morgan fingerprint density at radius 2 is 1.82 bits per heavy atom. The predicted molar refractivity (Wildman–Crippen MR) is 117 cm³/mol. The number of hydrogen-bond acceptors (Lipinski definition) is 4. The molecule has 3 rings (SSSR count). The molecule has 2 atom stereocenters. The van der Waals surface area contributed by atoms with Gasteiger partial charge in [0.05, 0.1) is 0 Å². The molecular formula is C23H31ClN2O2. The second-order valence-electron chi connectivity index (χ2n) is 7.58. The van der Waals surface area contributed by atoms with Crippen molar-refractivity contribution in [2.75, 3.05) is 44.2 Å². The van der Waals surface area contributed by atoms with Crippen LogP contribution in [0.1, 0.15) is 31.7 Å². The predicted octanol–water partition coefficient (Wildman–Crippen LogP) is 4.42. The first-order valence-corrected chi connectivity index (χ1v) is 10.6. The molecule has 0 amide bonds. The van der Waals surface area contributed by atoms with E-state index in [2.05, 4.69) is 35.8 Å². The number of ether oxygens (including phenoxy) is 1. The SMILES string of the molecule is CC[C@@H](C)c1ccccc1OC[C@H](O)CN1CCN(c2cccc(Cl)c2)CC1. The van der Waals surface area contributed by atoms with Gasteiger partial charge in [-0.3, -0.25) is 4.90 Å². The van der Waals surface area contributed by atoms with Gasteiger partial charge in [-0.25, -0.2) is 0 Å². The van der Waals surface area contributed by atoms with Crippen molar-refractivity contribution in [3.8, 4) is 5.75 Å². The summed E-state index contributed by atoms with van der Waals surface area (Å²) < 4.78 is 5.97. The van der Waals surface area contributed by atoms with Crippen molar-refractivity contribution >= 4 is 17.3 Å². The highest BCUT2D eigenvalue weighted by Crippen LogP contribution is 2.28. The fourth-order valence-electron chi connectivity index (χ4n) is 3.64. The molecule has 1 saturated heterocycles. The summed E-state index contributed by atoms with van der Waals surface area (Å²) in [6.07, 6.45) is 0.572. The summed E-state index contributed by atoms with van der Waals surface area (Å²) in [6.45, 7) is 9.06. The van der Waals surface area contributed by atoms with Gasteiger partial charge in [0, 0.05) is 43.4 Å². The lowest BCUT2D eigenvalue weighted by Gasteiger charge is -2.37. The van der Waals surface area contributed by atoms with Crippen molar-refractivity contribution in [3.05, 3.63) is 59.1 Å². The van der Waals surface area contributed by atoms with E-state index in [9.17, 15) is 5.11 Å². The van der Waals surface area contributed by atoms with Crippen LogP contribution in [-0.4, -0.2) is 55.4 Å². The zero-order valence-electron chi connectivity index (χ0n) is 16.9. The Morgan fingerprint density at radius 3 is 2.54 bits per heavy atom. The Balaban J connectivity index is 1.46. The van der Waals surface area contributed by atoms with Gasteiger partial charge in [-0.15, -0.1) is 0 Å². The highest BCUT2D eigenvalue weighted by Gasteiger charge is 2.20. The van der Waals surface area contributed by atoms with Crippen LogP contribution in [0.2, 0.25) is 5.02 Å². The maximum absolute atomic E-state index is 10.5. The number of hydrogen-bond donors (Lipinski definition) is 1. The maximum Gasteiger partial charge on any atom is 0.122 e. The maximum atomic E-state index is 10.5. The molecule has 1 fully saturated rings. The monoisotopic (exact) mass is 402 g/mol. The first kappa shape index (κ1) is 21.0. The summed E-state index contributed by atoms with van der Waals surface area (Å²) in [5.41, 5.74) is 2.38. The minimum atomic E-state index is -0.497. The van der Waals surface area contributed by atoms with Gasteiger partial charge in [0.1, 0.15) is 18.5 Å². The molecule has 0 aromatic heterocycles. The summed E-state index contributed by atoms with van der Waals surface area (Å²) in [5.74, 6) is 1.34. The molecule has 1 aliphatic rings. The third-order valence-electron chi connectivity index (χ3n) is 5.51. The smallest absolute Gasteiger partial charge is 0.122 e. The Bertz CT molecular complexity index is 747. The molecule has 0 aliphatic carbocycles. The van der Waals surface area contributed by atoms with E-state index in [-0.39, 0.29) is 0 Å². The molecule has 0 unspecified atom stereocenters. The molecular weight excluding hydrogens is 372 g/mol. The van der Waals surface area contributed by atoms with E-state index in [4.69, 9.17) is 16.3 Å². The van der Waals surface area contributed by atoms with E-state index >= 15 is 0 Å². The van der Waals surface area contributed by atoms with E-state index in [0.29, 0.717) is 19.1 Å². The van der Waals surface area contributed by atoms with Crippen LogP contribution in [0.15, 0.2) is 48.5 Å². The number of anilines is 1. The van der Waals surface area contributed by atoms with Crippen molar-refractivity contribution in [2.45, 2.75) is 32.3 Å². The number of aliphatic hydroxyl groups is 1. The summed E-state index contributed by atoms with van der Waals surface area (Å²) >= 11 is 6.10. The standard InChI is InChI=1S/C23H31ClN2O2/c1-3-18(2)22-9-4-5-10-23(22)28-17-21(27)16-25-11-13-26(14-12-25)20-8-6-7-19(24)15-20/h4-10,15,18,21,27H,3,11-14,16-17H2,1-2H3/t18-,21-/m1/s1. The van der Waals surface area contributed by atoms with Gasteiger partial charge in [0.15, 0.2) is 0 Å². The van der Waals surface area contributed by atoms with Crippen LogP contribution in [0.3, 0.4) is 0 Å². The quantitative estimate of drug-likeness (QED) is 0.709. The van der Waals surface area contributed by atoms with Crippen LogP contribution in [0.25, 0.3) is 0 Å². The molecule has 152 valence electrons. The van der Waals surface area contributed by atoms with Gasteiger partial charge in [0.25, 0.3) is 0 Å². The fraction of sp³-hybridized carbons (Fsp3) is 0.478. The highest BCUT2D eigenvalue weighted by molar-refractivity contribution is 6.30. The molecule has 0 radical (unpaired) electrons. The largest absolute Gasteiger partial charge is 0.491 e. The second kappa shape index (κ2) is 10.1. The van der Waals surface area contributed by atoms with Gasteiger partial charge < -0.3 is 14.7 Å². The van der Waals surface area contributed by atoms with Crippen molar-refractivity contribution in [3.63, 3.8) is 0 Å². The van der Waals surface area contributed by atoms with Crippen LogP contribution >= 0.6 is 11.6 Å². The Kier molecular flexibility index (Phi) is 7.60. The average molecular weight is 403 g/mol. The lowest BCUT2D eigenvalue weighted by Crippen LogP contribution is -2.49. The number of aliphatic hydroxyl groups excluding tert-OH is 1. The van der Waals surface area contributed by atoms with Crippen LogP contribution in [0, 0.1) is 0 Å². The summed E-state index contributed by atoms with van der Waals surface area (Å²) in [6, 6.07) is 16.1. The summed E-state index contributed by atoms with van der Waals surface area (Å²) in [5, 5.41) is 11.2. The van der Waals surface area contributed by atoms with Crippen molar-refractivity contribution < 1.29 is 9.84 Å². The average Bonchev–Trinajstić information content (AvgIpc) is 2.72. The molecule has 1 heterocycles. The zero-order chi connectivity index (χ0) is 19.9. The molecule has 1 aliphatic heterocycles. The van der Waals surface area contributed by atoms with Crippen molar-refractivity contribution in [1.29, 1.82) is 0 Å². The molecule has 1 N–H and O–H groups in total. The Morgan fingerprint density at radius 1 is 1.07 bits per heavy atom. The van der Waals surface area contributed by atoms with Crippen molar-refractivity contribution in [1.82, 2.24) is 4.90 Å². The lowest BCUT2D eigenvalue weighted by atomic mass is 9.98. The third-order valence-corrected chi connectivity index (χ3v) is 5.74. The molecule has 4 nitrogen and oxygen atoms in total. The topological polar surface area (TPSA) is 35.9 Å². The minimum Gasteiger partial charge on any atom is -0.491 e. The second-order valence-corrected chi connectivity index (χ2v) is 8.02. The van der Waals surface area contributed by atoms with E-state index in [1.165, 1.54) is 5.56 Å². The molecule has 2 aromatic rings. The van der Waals surface area contributed by atoms with Crippen LogP contribution < -0.4 is 9.64 Å². The van der Waals surface area contributed by atoms with E-state index < -0.39 is 6.10 Å². The minimum absolute atomic E-state index is 0.321. The van der Waals surface area contributed by atoms with Crippen molar-refractivity contribution in [2.24, 2.45) is 0 Å². The molecule has 0 spiro atoms. The number of para-hydroxylation sites is 1. The number of benzene rings is 2. The first-order valence-electron chi connectivity index (χ1n) is 10.2. The number of β-amino-alcohol motifs (C(OH)–C–C–N with tert-alkyl or cyclic N) is 1. The van der Waals surface area contributed by atoms with E-state index in [1.807, 2.05) is 36.4 Å². The number of halogens is 1. The Labute approximate surface area is 173 Å². The molecule has 0 saturated carbocycles. The first-order chi connectivity index (χ1) is 13.6. The van der Waals surface area contributed by atoms with Crippen LogP contribution in [0.5, 0.6) is 5.75 Å². The zero-order valence-corrected chi connectivity index (χ0v) is 17.6. The number of rotatable bonds is 8. The fourth-order valence-corrected chi connectivity index (χ4v) is 3.82. The summed E-state index contributed by atoms with van der Waals surface area (Å²) in [7, 11) is 0. The normalized spacial score (nSPS) is 17.4. The molecule has 2 aromatic carbocycles. The van der Waals surface area contributed by atoms with Gasteiger partial charge in [-0.05, 0) is 42.2 Å². The molecule has 5 heteroatoms. The summed E-state index contributed by atoms with van der Waals surface area (Å²) in [4.78, 5) is 4.64. The van der Waals surface area contributed by atoms with Crippen LogP contribution in [0.4, 0.5) is 5.69 Å². The van der Waals surface area contributed by atoms with Gasteiger partial charge >= 0.3 is 0 Å². The van der Waals surface area contributed by atoms with Gasteiger partial charge in [-0.2, -0.15) is 0 Å². The van der Waals surface area contributed by atoms with E-state index in [1.54, 1.807) is 0 Å². The van der Waals surface area contributed by atoms with Gasteiger partial charge in [-0.1, -0.05) is 49.7 Å². The lowest BCUT2D eigenvalue weighted by molar-refractivity contribution is 0.0658. The van der Waals surface area contributed by atoms with Crippen LogP contribution in [-0.2, 0) is 0 Å². The number of piperazine rings is 1. The highest BCUT2D eigenvalue weighted by atomic mass is 35.5. The molecule has 28 heavy (non-hydrogen) atoms.